The largest absolute Gasteiger partial charge is 0.375 e. The molecule has 1 fully saturated rings. The second kappa shape index (κ2) is 9.78. The van der Waals surface area contributed by atoms with Crippen LogP contribution in [-0.4, -0.2) is 48.4 Å². The predicted molar refractivity (Wildman–Crippen MR) is 106 cm³/mol. The van der Waals surface area contributed by atoms with Crippen LogP contribution in [0.2, 0.25) is 0 Å². The molecule has 1 aliphatic rings. The van der Waals surface area contributed by atoms with Crippen LogP contribution in [0.25, 0.3) is 0 Å². The summed E-state index contributed by atoms with van der Waals surface area (Å²) in [6, 6.07) is 20.5. The topological polar surface area (TPSA) is 35.6 Å². The molecule has 2 aromatic rings. The molecular formula is C22H27N3O. The van der Waals surface area contributed by atoms with Crippen LogP contribution < -0.4 is 5.32 Å². The normalized spacial score (nSPS) is 15.3. The number of carbonyl (C=O) groups excluding carboxylic acids is 1. The number of nitrogens with one attached hydrogen (secondary N) is 1. The maximum atomic E-state index is 12.1. The highest BCUT2D eigenvalue weighted by atomic mass is 16.2. The number of piperazine rings is 1. The van der Waals surface area contributed by atoms with Crippen molar-refractivity contribution in [1.82, 2.24) is 15.1 Å². The lowest BCUT2D eigenvalue weighted by molar-refractivity contribution is -0.122. The Hall–Kier alpha value is -2.59. The van der Waals surface area contributed by atoms with Crippen LogP contribution in [0, 0.1) is 0 Å². The number of hydrogen-bond acceptors (Lipinski definition) is 3. The fourth-order valence-corrected chi connectivity index (χ4v) is 3.08. The zero-order valence-electron chi connectivity index (χ0n) is 15.2. The van der Waals surface area contributed by atoms with Crippen molar-refractivity contribution < 1.29 is 4.79 Å². The van der Waals surface area contributed by atoms with Crippen LogP contribution >= 0.6 is 0 Å². The Morgan fingerprint density at radius 2 is 1.50 bits per heavy atom. The monoisotopic (exact) mass is 349 g/mol. The van der Waals surface area contributed by atoms with Crippen molar-refractivity contribution in [2.45, 2.75) is 13.0 Å². The maximum Gasteiger partial charge on any atom is 0.234 e. The number of hydrogen-bond donors (Lipinski definition) is 1. The van der Waals surface area contributed by atoms with E-state index in [2.05, 4.69) is 51.7 Å². The van der Waals surface area contributed by atoms with Gasteiger partial charge in [0.25, 0.3) is 0 Å². The third kappa shape index (κ3) is 6.05. The summed E-state index contributed by atoms with van der Waals surface area (Å²) in [5, 5.41) is 3.00. The minimum absolute atomic E-state index is 0.0990. The molecule has 4 nitrogen and oxygen atoms in total. The van der Waals surface area contributed by atoms with Gasteiger partial charge in [-0.3, -0.25) is 9.69 Å². The Balaban J connectivity index is 1.33. The molecule has 0 aliphatic carbocycles. The van der Waals surface area contributed by atoms with Crippen molar-refractivity contribution in [1.29, 1.82) is 0 Å². The molecular weight excluding hydrogens is 322 g/mol. The molecule has 0 unspecified atom stereocenters. The van der Waals surface area contributed by atoms with Gasteiger partial charge in [0.1, 0.15) is 0 Å². The first-order chi connectivity index (χ1) is 12.8. The van der Waals surface area contributed by atoms with Crippen LogP contribution in [0.5, 0.6) is 0 Å². The molecule has 1 N–H and O–H groups in total. The summed E-state index contributed by atoms with van der Waals surface area (Å²) in [5.41, 5.74) is 2.46. The minimum Gasteiger partial charge on any atom is -0.375 e. The maximum absolute atomic E-state index is 12.1. The summed E-state index contributed by atoms with van der Waals surface area (Å²) in [6.45, 7) is 4.87. The lowest BCUT2D eigenvalue weighted by atomic mass is 10.1. The van der Waals surface area contributed by atoms with E-state index in [0.717, 1.165) is 38.2 Å². The third-order valence-corrected chi connectivity index (χ3v) is 4.62. The van der Waals surface area contributed by atoms with E-state index in [4.69, 9.17) is 0 Å². The Bertz CT molecular complexity index is 692. The van der Waals surface area contributed by atoms with Crippen LogP contribution in [0.1, 0.15) is 11.1 Å². The number of allylic oxidation sites excluding steroid dienone is 1. The van der Waals surface area contributed by atoms with Gasteiger partial charge in [0.15, 0.2) is 0 Å². The van der Waals surface area contributed by atoms with Gasteiger partial charge in [-0.05, 0) is 23.7 Å². The van der Waals surface area contributed by atoms with Gasteiger partial charge in [-0.2, -0.15) is 0 Å². The van der Waals surface area contributed by atoms with E-state index in [1.54, 1.807) is 0 Å². The molecule has 1 aliphatic heterocycles. The molecule has 4 heteroatoms. The molecule has 0 bridgehead atoms. The summed E-state index contributed by atoms with van der Waals surface area (Å²) in [4.78, 5) is 16.7. The second-order valence-corrected chi connectivity index (χ2v) is 6.65. The first kappa shape index (κ1) is 18.2. The molecule has 1 amide bonds. The molecule has 0 atom stereocenters. The quantitative estimate of drug-likeness (QED) is 0.835. The van der Waals surface area contributed by atoms with E-state index in [-0.39, 0.29) is 5.91 Å². The number of carbonyl (C=O) groups is 1. The fraction of sp³-hybridized carbons (Fsp3) is 0.318. The Kier molecular flexibility index (Phi) is 6.85. The van der Waals surface area contributed by atoms with Crippen molar-refractivity contribution in [3.8, 4) is 0 Å². The summed E-state index contributed by atoms with van der Waals surface area (Å²) in [6.07, 6.45) is 5.38. The van der Waals surface area contributed by atoms with Crippen LogP contribution in [0.3, 0.4) is 0 Å². The van der Waals surface area contributed by atoms with Gasteiger partial charge < -0.3 is 10.2 Å². The molecule has 1 saturated heterocycles. The predicted octanol–water partition coefficient (Wildman–Crippen LogP) is 2.68. The number of nitrogens with zero attached hydrogens (tertiary/aromatic N) is 2. The second-order valence-electron chi connectivity index (χ2n) is 6.65. The Morgan fingerprint density at radius 1 is 0.885 bits per heavy atom. The van der Waals surface area contributed by atoms with Gasteiger partial charge >= 0.3 is 0 Å². The summed E-state index contributed by atoms with van der Waals surface area (Å²) >= 11 is 0. The molecule has 0 radical (unpaired) electrons. The smallest absolute Gasteiger partial charge is 0.234 e. The average molecular weight is 349 g/mol. The zero-order valence-corrected chi connectivity index (χ0v) is 15.2. The molecule has 2 aromatic carbocycles. The lowest BCUT2D eigenvalue weighted by Crippen LogP contribution is -2.47. The van der Waals surface area contributed by atoms with Crippen LogP contribution in [-0.2, 0) is 17.8 Å². The Morgan fingerprint density at radius 3 is 2.15 bits per heavy atom. The SMILES string of the molecule is O=C(CN1CCN(C=CCc2ccccc2)CC1)NCc1ccccc1. The van der Waals surface area contributed by atoms with E-state index in [1.807, 2.05) is 36.4 Å². The van der Waals surface area contributed by atoms with E-state index in [1.165, 1.54) is 5.56 Å². The summed E-state index contributed by atoms with van der Waals surface area (Å²) in [5.74, 6) is 0.0990. The molecule has 136 valence electrons. The first-order valence-electron chi connectivity index (χ1n) is 9.27. The van der Waals surface area contributed by atoms with Gasteiger partial charge in [-0.1, -0.05) is 66.7 Å². The van der Waals surface area contributed by atoms with Gasteiger partial charge in [0.05, 0.1) is 6.54 Å². The number of amides is 1. The van der Waals surface area contributed by atoms with E-state index in [9.17, 15) is 4.79 Å². The molecule has 0 aromatic heterocycles. The van der Waals surface area contributed by atoms with Crippen molar-refractivity contribution in [3.63, 3.8) is 0 Å². The highest BCUT2D eigenvalue weighted by Gasteiger charge is 2.16. The molecule has 26 heavy (non-hydrogen) atoms. The van der Waals surface area contributed by atoms with Gasteiger partial charge in [0.2, 0.25) is 5.91 Å². The van der Waals surface area contributed by atoms with Crippen molar-refractivity contribution in [2.24, 2.45) is 0 Å². The molecule has 0 saturated carbocycles. The van der Waals surface area contributed by atoms with E-state index >= 15 is 0 Å². The number of benzene rings is 2. The molecule has 1 heterocycles. The molecule has 0 spiro atoms. The molecule has 3 rings (SSSR count). The van der Waals surface area contributed by atoms with Crippen molar-refractivity contribution in [3.05, 3.63) is 84.1 Å². The van der Waals surface area contributed by atoms with Gasteiger partial charge in [-0.15, -0.1) is 0 Å². The summed E-state index contributed by atoms with van der Waals surface area (Å²) < 4.78 is 0. The van der Waals surface area contributed by atoms with E-state index < -0.39 is 0 Å². The fourth-order valence-electron chi connectivity index (χ4n) is 3.08. The minimum atomic E-state index is 0.0990. The lowest BCUT2D eigenvalue weighted by Gasteiger charge is -2.33. The number of rotatable bonds is 7. The first-order valence-corrected chi connectivity index (χ1v) is 9.27. The van der Waals surface area contributed by atoms with Crippen molar-refractivity contribution >= 4 is 5.91 Å². The standard InChI is InChI=1S/C22H27N3O/c26-22(23-18-21-10-5-2-6-11-21)19-25-16-14-24(15-17-25)13-7-12-20-8-3-1-4-9-20/h1-11,13H,12,14-19H2,(H,23,26). The Labute approximate surface area is 156 Å². The highest BCUT2D eigenvalue weighted by Crippen LogP contribution is 2.05. The zero-order chi connectivity index (χ0) is 18.0. The van der Waals surface area contributed by atoms with Crippen molar-refractivity contribution in [2.75, 3.05) is 32.7 Å². The highest BCUT2D eigenvalue weighted by molar-refractivity contribution is 5.78. The van der Waals surface area contributed by atoms with Gasteiger partial charge in [0, 0.05) is 32.7 Å². The van der Waals surface area contributed by atoms with Crippen LogP contribution in [0.4, 0.5) is 0 Å². The van der Waals surface area contributed by atoms with E-state index in [0.29, 0.717) is 13.1 Å². The van der Waals surface area contributed by atoms with Crippen LogP contribution in [0.15, 0.2) is 72.9 Å². The summed E-state index contributed by atoms with van der Waals surface area (Å²) in [7, 11) is 0. The third-order valence-electron chi connectivity index (χ3n) is 4.62. The van der Waals surface area contributed by atoms with Gasteiger partial charge in [-0.25, -0.2) is 0 Å². The average Bonchev–Trinajstić information content (AvgIpc) is 2.69.